The number of para-hydroxylation sites is 1. The van der Waals surface area contributed by atoms with Crippen molar-refractivity contribution in [2.45, 2.75) is 13.0 Å². The van der Waals surface area contributed by atoms with Crippen molar-refractivity contribution in [3.63, 3.8) is 0 Å². The molecule has 0 saturated carbocycles. The summed E-state index contributed by atoms with van der Waals surface area (Å²) < 4.78 is 10.2. The summed E-state index contributed by atoms with van der Waals surface area (Å²) in [5.74, 6) is 0.0940. The zero-order valence-corrected chi connectivity index (χ0v) is 12.7. The van der Waals surface area contributed by atoms with E-state index in [-0.39, 0.29) is 12.5 Å². The third kappa shape index (κ3) is 3.18. The fraction of sp³-hybridized carbons (Fsp3) is 0.312. The summed E-state index contributed by atoms with van der Waals surface area (Å²) in [7, 11) is 1.32. The van der Waals surface area contributed by atoms with Crippen LogP contribution in [0, 0.1) is 0 Å². The number of hydrogen-bond acceptors (Lipinski definition) is 5. The van der Waals surface area contributed by atoms with Gasteiger partial charge in [0.15, 0.2) is 12.3 Å². The lowest BCUT2D eigenvalue weighted by molar-refractivity contribution is -0.134. The van der Waals surface area contributed by atoms with E-state index in [1.54, 1.807) is 17.0 Å². The zero-order chi connectivity index (χ0) is 16.2. The lowest BCUT2D eigenvalue weighted by Gasteiger charge is -2.26. The van der Waals surface area contributed by atoms with Crippen molar-refractivity contribution in [1.29, 1.82) is 0 Å². The summed E-state index contributed by atoms with van der Waals surface area (Å²) in [5, 5.41) is 6.80. The Kier molecular flexibility index (Phi) is 4.27. The first-order valence-electron chi connectivity index (χ1n) is 7.29. The second-order valence-electron chi connectivity index (χ2n) is 5.19. The van der Waals surface area contributed by atoms with Gasteiger partial charge in [0.05, 0.1) is 19.3 Å². The number of nitrogens with one attached hydrogen (secondary N) is 1. The van der Waals surface area contributed by atoms with E-state index in [2.05, 4.69) is 10.2 Å². The summed E-state index contributed by atoms with van der Waals surface area (Å²) in [6.45, 7) is 0.890. The van der Waals surface area contributed by atoms with E-state index in [0.717, 1.165) is 11.3 Å². The Morgan fingerprint density at radius 1 is 1.30 bits per heavy atom. The molecule has 0 atom stereocenters. The summed E-state index contributed by atoms with van der Waals surface area (Å²) in [6.07, 6.45) is 0.563. The molecule has 1 N–H and O–H groups in total. The van der Waals surface area contributed by atoms with Crippen LogP contribution in [-0.4, -0.2) is 47.2 Å². The van der Waals surface area contributed by atoms with Crippen molar-refractivity contribution in [2.24, 2.45) is 0 Å². The number of rotatable bonds is 4. The molecule has 7 nitrogen and oxygen atoms in total. The Balaban J connectivity index is 1.62. The number of aromatic amines is 1. The van der Waals surface area contributed by atoms with E-state index >= 15 is 0 Å². The minimum atomic E-state index is -0.463. The third-order valence-corrected chi connectivity index (χ3v) is 3.77. The predicted molar refractivity (Wildman–Crippen MR) is 81.0 cm³/mol. The zero-order valence-electron chi connectivity index (χ0n) is 12.7. The largest absolute Gasteiger partial charge is 0.484 e. The lowest BCUT2D eigenvalue weighted by atomic mass is 10.0. The molecule has 0 unspecified atom stereocenters. The molecule has 0 bridgehead atoms. The van der Waals surface area contributed by atoms with E-state index in [9.17, 15) is 9.59 Å². The number of H-pyrrole nitrogens is 1. The minimum Gasteiger partial charge on any atom is -0.484 e. The van der Waals surface area contributed by atoms with Gasteiger partial charge in [-0.05, 0) is 18.6 Å². The molecule has 0 fully saturated rings. The molecule has 3 rings (SSSR count). The van der Waals surface area contributed by atoms with Gasteiger partial charge in [0, 0.05) is 12.1 Å². The molecule has 0 saturated heterocycles. The Morgan fingerprint density at radius 3 is 2.83 bits per heavy atom. The van der Waals surface area contributed by atoms with Gasteiger partial charge in [0.2, 0.25) is 0 Å². The van der Waals surface area contributed by atoms with E-state index < -0.39 is 5.97 Å². The maximum absolute atomic E-state index is 12.3. The fourth-order valence-electron chi connectivity index (χ4n) is 2.55. The third-order valence-electron chi connectivity index (χ3n) is 3.77. The van der Waals surface area contributed by atoms with Crippen LogP contribution in [0.4, 0.5) is 0 Å². The molecule has 0 radical (unpaired) electrons. The summed E-state index contributed by atoms with van der Waals surface area (Å²) in [4.78, 5) is 25.6. The molecule has 23 heavy (non-hydrogen) atoms. The molecule has 0 spiro atoms. The highest BCUT2D eigenvalue weighted by Crippen LogP contribution is 2.21. The van der Waals surface area contributed by atoms with Crippen LogP contribution in [0.1, 0.15) is 21.7 Å². The highest BCUT2D eigenvalue weighted by atomic mass is 16.5. The second-order valence-corrected chi connectivity index (χ2v) is 5.19. The van der Waals surface area contributed by atoms with E-state index in [4.69, 9.17) is 9.47 Å². The van der Waals surface area contributed by atoms with Crippen LogP contribution in [-0.2, 0) is 22.5 Å². The maximum atomic E-state index is 12.3. The van der Waals surface area contributed by atoms with Crippen LogP contribution in [0.3, 0.4) is 0 Å². The lowest BCUT2D eigenvalue weighted by Crippen LogP contribution is -2.39. The molecule has 2 heterocycles. The number of carbonyl (C=O) groups excluding carboxylic acids is 2. The Labute approximate surface area is 133 Å². The van der Waals surface area contributed by atoms with E-state index in [1.807, 2.05) is 18.2 Å². The Hall–Kier alpha value is -2.83. The number of esters is 1. The standard InChI is InChI=1S/C16H17N3O4/c1-22-16(21)15-12-7-8-19(9-13(12)17-18-15)14(20)10-23-11-5-3-2-4-6-11/h2-6H,7-10H2,1H3,(H,17,18). The molecular formula is C16H17N3O4. The van der Waals surface area contributed by atoms with Gasteiger partial charge in [0.1, 0.15) is 5.75 Å². The summed E-state index contributed by atoms with van der Waals surface area (Å²) in [6, 6.07) is 9.20. The first-order chi connectivity index (χ1) is 11.2. The van der Waals surface area contributed by atoms with Crippen LogP contribution < -0.4 is 4.74 Å². The van der Waals surface area contributed by atoms with Gasteiger partial charge < -0.3 is 14.4 Å². The van der Waals surface area contributed by atoms with Crippen molar-refractivity contribution in [3.8, 4) is 5.75 Å². The summed E-state index contributed by atoms with van der Waals surface area (Å²) >= 11 is 0. The molecule has 1 aromatic carbocycles. The Bertz CT molecular complexity index is 711. The van der Waals surface area contributed by atoms with E-state index in [0.29, 0.717) is 31.0 Å². The van der Waals surface area contributed by atoms with E-state index in [1.165, 1.54) is 7.11 Å². The highest BCUT2D eigenvalue weighted by molar-refractivity contribution is 5.89. The second kappa shape index (κ2) is 6.51. The summed E-state index contributed by atoms with van der Waals surface area (Å²) in [5.41, 5.74) is 1.89. The van der Waals surface area contributed by atoms with Crippen molar-refractivity contribution in [1.82, 2.24) is 15.1 Å². The number of ether oxygens (including phenoxy) is 2. The van der Waals surface area contributed by atoms with Gasteiger partial charge in [0.25, 0.3) is 5.91 Å². The first kappa shape index (κ1) is 15.1. The maximum Gasteiger partial charge on any atom is 0.358 e. The Morgan fingerprint density at radius 2 is 2.09 bits per heavy atom. The molecule has 120 valence electrons. The van der Waals surface area contributed by atoms with Crippen molar-refractivity contribution < 1.29 is 19.1 Å². The molecule has 7 heteroatoms. The first-order valence-corrected chi connectivity index (χ1v) is 7.29. The van der Waals surface area contributed by atoms with Crippen LogP contribution in [0.2, 0.25) is 0 Å². The fourth-order valence-corrected chi connectivity index (χ4v) is 2.55. The smallest absolute Gasteiger partial charge is 0.358 e. The van der Waals surface area contributed by atoms with Gasteiger partial charge in [-0.2, -0.15) is 5.10 Å². The van der Waals surface area contributed by atoms with Gasteiger partial charge in [-0.15, -0.1) is 0 Å². The van der Waals surface area contributed by atoms with Gasteiger partial charge >= 0.3 is 5.97 Å². The van der Waals surface area contributed by atoms with Gasteiger partial charge in [-0.25, -0.2) is 4.79 Å². The molecular weight excluding hydrogens is 298 g/mol. The predicted octanol–water partition coefficient (Wildman–Crippen LogP) is 1.16. The number of benzene rings is 1. The number of fused-ring (bicyclic) bond motifs is 1. The normalized spacial score (nSPS) is 13.3. The molecule has 1 amide bonds. The van der Waals surface area contributed by atoms with Gasteiger partial charge in [-0.1, -0.05) is 18.2 Å². The average Bonchev–Trinajstić information content (AvgIpc) is 3.03. The van der Waals surface area contributed by atoms with Crippen LogP contribution in [0.15, 0.2) is 30.3 Å². The molecule has 0 aliphatic carbocycles. The van der Waals surface area contributed by atoms with Gasteiger partial charge in [-0.3, -0.25) is 9.89 Å². The molecule has 1 aromatic heterocycles. The quantitative estimate of drug-likeness (QED) is 0.856. The van der Waals surface area contributed by atoms with Crippen molar-refractivity contribution in [3.05, 3.63) is 47.3 Å². The minimum absolute atomic E-state index is 0.0165. The van der Waals surface area contributed by atoms with Crippen LogP contribution in [0.5, 0.6) is 5.75 Å². The topological polar surface area (TPSA) is 84.5 Å². The number of aromatic nitrogens is 2. The monoisotopic (exact) mass is 315 g/mol. The highest BCUT2D eigenvalue weighted by Gasteiger charge is 2.27. The van der Waals surface area contributed by atoms with Crippen LogP contribution >= 0.6 is 0 Å². The molecule has 1 aliphatic heterocycles. The number of hydrogen-bond donors (Lipinski definition) is 1. The number of methoxy groups -OCH3 is 1. The SMILES string of the molecule is COC(=O)c1n[nH]c2c1CCN(C(=O)COc1ccccc1)C2. The van der Waals surface area contributed by atoms with Crippen molar-refractivity contribution in [2.75, 3.05) is 20.3 Å². The average molecular weight is 315 g/mol. The number of carbonyl (C=O) groups is 2. The van der Waals surface area contributed by atoms with Crippen molar-refractivity contribution >= 4 is 11.9 Å². The molecule has 1 aliphatic rings. The van der Waals surface area contributed by atoms with Crippen LogP contribution in [0.25, 0.3) is 0 Å². The number of amides is 1. The number of nitrogens with zero attached hydrogens (tertiary/aromatic N) is 2. The molecule has 2 aromatic rings.